The zero-order chi connectivity index (χ0) is 45.4. The second-order valence-corrected chi connectivity index (χ2v) is 21.8. The van der Waals surface area contributed by atoms with Gasteiger partial charge in [0.05, 0.1) is 62.0 Å². The lowest BCUT2D eigenvalue weighted by Crippen LogP contribution is -2.38. The van der Waals surface area contributed by atoms with Crippen molar-refractivity contribution in [3.8, 4) is 45.6 Å². The molecule has 0 saturated heterocycles. The number of nitrogens with one attached hydrogen (secondary N) is 2. The van der Waals surface area contributed by atoms with E-state index in [0.29, 0.717) is 92.4 Å². The average molecular weight is 913 g/mol. The third-order valence-corrected chi connectivity index (χ3v) is 18.3. The van der Waals surface area contributed by atoms with Gasteiger partial charge in [0.2, 0.25) is 0 Å². The zero-order valence-electron chi connectivity index (χ0n) is 37.1. The summed E-state index contributed by atoms with van der Waals surface area (Å²) in [6, 6.07) is 10.8. The van der Waals surface area contributed by atoms with Crippen LogP contribution in [0.5, 0.6) is 34.5 Å². The summed E-state index contributed by atoms with van der Waals surface area (Å²) in [6.07, 6.45) is 3.08. The lowest BCUT2D eigenvalue weighted by atomic mass is 9.81. The molecule has 64 heavy (non-hydrogen) atoms. The van der Waals surface area contributed by atoms with Crippen molar-refractivity contribution in [1.82, 2.24) is 9.97 Å². The van der Waals surface area contributed by atoms with Gasteiger partial charge in [-0.1, -0.05) is 13.8 Å². The van der Waals surface area contributed by atoms with E-state index in [4.69, 9.17) is 27.3 Å². The van der Waals surface area contributed by atoms with Crippen LogP contribution >= 0.6 is 0 Å². The monoisotopic (exact) mass is 912 g/mol. The van der Waals surface area contributed by atoms with Crippen molar-refractivity contribution >= 4 is 75.4 Å². The van der Waals surface area contributed by atoms with Crippen LogP contribution in [0, 0.1) is 48.3 Å². The highest BCUT2D eigenvalue weighted by molar-refractivity contribution is 7.87. The van der Waals surface area contributed by atoms with Crippen LogP contribution in [0.25, 0.3) is 54.7 Å². The van der Waals surface area contributed by atoms with E-state index in [1.807, 2.05) is 38.1 Å². The fraction of sp³-hybridized carbons (Fsp3) is 0.458. The van der Waals surface area contributed by atoms with Crippen LogP contribution in [-0.4, -0.2) is 78.3 Å². The van der Waals surface area contributed by atoms with Gasteiger partial charge in [0, 0.05) is 68.5 Å². The van der Waals surface area contributed by atoms with Crippen LogP contribution < -0.4 is 27.3 Å². The number of carbonyl (C=O) groups is 2. The molecule has 4 saturated carbocycles. The summed E-state index contributed by atoms with van der Waals surface area (Å²) in [4.78, 5) is 33.9. The number of fused-ring (bicyclic) bond motifs is 10. The smallest absolute Gasteiger partial charge is 0.310 e. The number of benzene rings is 4. The van der Waals surface area contributed by atoms with Gasteiger partial charge in [-0.2, -0.15) is 16.8 Å². The summed E-state index contributed by atoms with van der Waals surface area (Å²) < 4.78 is 94.7. The molecule has 0 spiro atoms. The number of carbonyl (C=O) groups excluding carboxylic acids is 2. The molecule has 0 amide bonds. The van der Waals surface area contributed by atoms with Gasteiger partial charge >= 0.3 is 20.2 Å². The van der Waals surface area contributed by atoms with E-state index >= 15 is 0 Å². The molecular weight excluding hydrogens is 861 g/mol. The van der Waals surface area contributed by atoms with E-state index in [9.17, 15) is 26.4 Å². The van der Waals surface area contributed by atoms with Crippen LogP contribution in [0.1, 0.15) is 63.5 Å². The SMILES string of the molecule is COc1cc(OC)c2[nH]c3c(OS(=O)(=O)C[C@]45CC[C@H](CC4=O)[C@H]5C)c(-c4c(C)cc5c([nH]c6c(OC)cc(OC)cc65)c4OS(=O)(=O)C[C@]45CC[C@H](CC4=O)[C@H]5C)c(C)cc3c2c1. The average Bonchev–Trinajstić information content (AvgIpc) is 4.06. The molecule has 6 aromatic rings. The number of methoxy groups -OCH3 is 4. The third-order valence-electron chi connectivity index (χ3n) is 15.7. The van der Waals surface area contributed by atoms with Gasteiger partial charge in [0.25, 0.3) is 0 Å². The summed E-state index contributed by atoms with van der Waals surface area (Å²) >= 11 is 0. The highest BCUT2D eigenvalue weighted by Gasteiger charge is 2.60. The molecular formula is C48H52N2O12S2. The van der Waals surface area contributed by atoms with E-state index < -0.39 is 42.6 Å². The molecule has 6 atom stereocenters. The van der Waals surface area contributed by atoms with Gasteiger partial charge in [-0.25, -0.2) is 0 Å². The Kier molecular flexibility index (Phi) is 9.63. The van der Waals surface area contributed by atoms with Crippen molar-refractivity contribution in [2.24, 2.45) is 34.5 Å². The summed E-state index contributed by atoms with van der Waals surface area (Å²) in [6.45, 7) is 7.49. The van der Waals surface area contributed by atoms with Crippen LogP contribution in [0.15, 0.2) is 36.4 Å². The fourth-order valence-corrected chi connectivity index (χ4v) is 15.5. The van der Waals surface area contributed by atoms with E-state index in [0.717, 1.165) is 12.8 Å². The summed E-state index contributed by atoms with van der Waals surface area (Å²) in [5.41, 5.74) is 1.05. The minimum atomic E-state index is -4.54. The molecule has 4 aliphatic rings. The van der Waals surface area contributed by atoms with E-state index in [-0.39, 0.29) is 68.9 Å². The summed E-state index contributed by atoms with van der Waals surface area (Å²) in [5, 5.41) is 2.49. The Bertz CT molecular complexity index is 3030. The standard InChI is InChI=1S/C48H52N2O12S2/c1-23-13-31-33-17-29(57-5)19-35(59-7)41(33)49-43(31)45(61-63(53,54)21-47-11-9-27(25(47)3)15-37(47)51)39(23)40-24(2)14-32-34-18-30(58-6)20-36(60-8)42(34)50-44(32)46(40)62-64(55,56)22-48-12-10-28(26(48)4)16-38(48)52/h13-14,17-20,25-28,49-50H,9-12,15-16,21-22H2,1-8H3/t25-,26-,27-,28-,47+,48+/m1/s1. The topological polar surface area (TPSA) is 189 Å². The largest absolute Gasteiger partial charge is 0.497 e. The molecule has 4 bridgehead atoms. The predicted molar refractivity (Wildman–Crippen MR) is 243 cm³/mol. The Morgan fingerprint density at radius 1 is 0.562 bits per heavy atom. The minimum absolute atomic E-state index is 0.0725. The van der Waals surface area contributed by atoms with Crippen molar-refractivity contribution in [1.29, 1.82) is 0 Å². The molecule has 0 unspecified atom stereocenters. The van der Waals surface area contributed by atoms with Gasteiger partial charge in [-0.05, 0) is 98.6 Å². The highest BCUT2D eigenvalue weighted by Crippen LogP contribution is 2.59. The Labute approximate surface area is 371 Å². The molecule has 0 aliphatic heterocycles. The van der Waals surface area contributed by atoms with E-state index in [2.05, 4.69) is 9.97 Å². The Morgan fingerprint density at radius 3 is 1.25 bits per heavy atom. The van der Waals surface area contributed by atoms with Gasteiger partial charge in [0.1, 0.15) is 34.6 Å². The van der Waals surface area contributed by atoms with Crippen molar-refractivity contribution in [2.75, 3.05) is 39.9 Å². The number of rotatable bonds is 13. The lowest BCUT2D eigenvalue weighted by Gasteiger charge is -2.29. The molecule has 4 fully saturated rings. The molecule has 14 nitrogen and oxygen atoms in total. The first-order valence-electron chi connectivity index (χ1n) is 21.7. The molecule has 0 radical (unpaired) electrons. The van der Waals surface area contributed by atoms with Gasteiger partial charge in [-0.15, -0.1) is 0 Å². The predicted octanol–water partition coefficient (Wildman–Crippen LogP) is 8.70. The molecule has 4 aromatic carbocycles. The van der Waals surface area contributed by atoms with E-state index in [1.54, 1.807) is 26.0 Å². The number of H-pyrrole nitrogens is 2. The molecule has 338 valence electrons. The number of Topliss-reactive ketones (excluding diaryl/α,β-unsaturated/α-hetero) is 2. The molecule has 16 heteroatoms. The highest BCUT2D eigenvalue weighted by atomic mass is 32.2. The Balaban J connectivity index is 1.26. The maximum absolute atomic E-state index is 14.8. The van der Waals surface area contributed by atoms with Crippen LogP contribution in [0.4, 0.5) is 0 Å². The van der Waals surface area contributed by atoms with Crippen molar-refractivity contribution < 1.29 is 53.7 Å². The molecule has 2 heterocycles. The van der Waals surface area contributed by atoms with Gasteiger partial charge in [0.15, 0.2) is 11.5 Å². The van der Waals surface area contributed by atoms with Crippen molar-refractivity contribution in [3.63, 3.8) is 0 Å². The van der Waals surface area contributed by atoms with Crippen LogP contribution in [0.3, 0.4) is 0 Å². The van der Waals surface area contributed by atoms with Crippen LogP contribution in [0.2, 0.25) is 0 Å². The number of aromatic amines is 2. The minimum Gasteiger partial charge on any atom is -0.497 e. The number of aryl methyl sites for hydroxylation is 2. The van der Waals surface area contributed by atoms with Crippen molar-refractivity contribution in [3.05, 3.63) is 47.5 Å². The van der Waals surface area contributed by atoms with Gasteiger partial charge < -0.3 is 37.3 Å². The first-order chi connectivity index (χ1) is 30.4. The molecule has 10 rings (SSSR count). The number of hydrogen-bond donors (Lipinski definition) is 2. The molecule has 2 N–H and O–H groups in total. The quantitative estimate of drug-likeness (QED) is 0.105. The van der Waals surface area contributed by atoms with Crippen molar-refractivity contribution in [2.45, 2.75) is 66.2 Å². The second-order valence-electron chi connectivity index (χ2n) is 18.7. The first kappa shape index (κ1) is 42.5. The Morgan fingerprint density at radius 2 is 0.938 bits per heavy atom. The zero-order valence-corrected chi connectivity index (χ0v) is 38.8. The first-order valence-corrected chi connectivity index (χ1v) is 24.9. The normalized spacial score (nSPS) is 25.4. The Hall–Kier alpha value is -5.48. The fourth-order valence-electron chi connectivity index (χ4n) is 12.2. The molecule has 4 aliphatic carbocycles. The number of hydrogen-bond acceptors (Lipinski definition) is 12. The third kappa shape index (κ3) is 6.13. The number of ether oxygens (including phenoxy) is 4. The second kappa shape index (κ2) is 14.5. The summed E-state index contributed by atoms with van der Waals surface area (Å²) in [7, 11) is -2.97. The van der Waals surface area contributed by atoms with Crippen LogP contribution in [-0.2, 0) is 29.8 Å². The van der Waals surface area contributed by atoms with E-state index in [1.165, 1.54) is 28.4 Å². The van der Waals surface area contributed by atoms with Gasteiger partial charge in [-0.3, -0.25) is 9.59 Å². The number of ketones is 2. The summed E-state index contributed by atoms with van der Waals surface area (Å²) in [5.74, 6) is 0.422. The maximum atomic E-state index is 14.8. The molecule has 2 aromatic heterocycles. The maximum Gasteiger partial charge on any atom is 0.310 e. The number of aromatic nitrogens is 2. The lowest BCUT2D eigenvalue weighted by molar-refractivity contribution is -0.127.